The van der Waals surface area contributed by atoms with E-state index in [1.54, 1.807) is 10.6 Å². The molecule has 3 aromatic rings. The van der Waals surface area contributed by atoms with Gasteiger partial charge in [-0.1, -0.05) is 13.8 Å². The third-order valence-electron chi connectivity index (χ3n) is 6.02. The number of benzene rings is 1. The quantitative estimate of drug-likeness (QED) is 0.375. The van der Waals surface area contributed by atoms with E-state index < -0.39 is 0 Å². The van der Waals surface area contributed by atoms with Gasteiger partial charge in [-0.15, -0.1) is 0 Å². The summed E-state index contributed by atoms with van der Waals surface area (Å²) in [5, 5.41) is 0.907. The predicted molar refractivity (Wildman–Crippen MR) is 114 cm³/mol. The predicted octanol–water partition coefficient (Wildman–Crippen LogP) is 3.30. The van der Waals surface area contributed by atoms with Gasteiger partial charge in [0.25, 0.3) is 5.56 Å². The van der Waals surface area contributed by atoms with Crippen LogP contribution in [0.2, 0.25) is 0 Å². The van der Waals surface area contributed by atoms with Gasteiger partial charge in [-0.25, -0.2) is 4.98 Å². The largest absolute Gasteiger partial charge is 0.460 e. The van der Waals surface area contributed by atoms with Gasteiger partial charge in [-0.2, -0.15) is 0 Å². The molecular weight excluding hydrogens is 396 g/mol. The molecule has 0 unspecified atom stereocenters. The molecule has 2 aliphatic heterocycles. The van der Waals surface area contributed by atoms with Crippen molar-refractivity contribution in [2.45, 2.75) is 46.8 Å². The molecule has 7 nitrogen and oxygen atoms in total. The van der Waals surface area contributed by atoms with Crippen molar-refractivity contribution in [3.8, 4) is 17.1 Å². The van der Waals surface area contributed by atoms with Crippen molar-refractivity contribution in [3.63, 3.8) is 0 Å². The second-order valence-corrected chi connectivity index (χ2v) is 7.77. The van der Waals surface area contributed by atoms with Crippen molar-refractivity contribution in [3.05, 3.63) is 62.8 Å². The van der Waals surface area contributed by atoms with Crippen molar-refractivity contribution in [2.75, 3.05) is 0 Å². The van der Waals surface area contributed by atoms with Gasteiger partial charge in [0, 0.05) is 17.9 Å². The second kappa shape index (κ2) is 7.04. The van der Waals surface area contributed by atoms with Gasteiger partial charge in [0.05, 0.1) is 29.0 Å². The van der Waals surface area contributed by atoms with E-state index in [0.717, 1.165) is 39.8 Å². The van der Waals surface area contributed by atoms with Crippen molar-refractivity contribution in [1.29, 1.82) is 0 Å². The number of carbonyl (C=O) groups excluding carboxylic acids is 2. The molecule has 0 saturated carbocycles. The van der Waals surface area contributed by atoms with Crippen LogP contribution in [0.5, 0.6) is 5.75 Å². The van der Waals surface area contributed by atoms with Crippen molar-refractivity contribution < 1.29 is 19.1 Å². The summed E-state index contributed by atoms with van der Waals surface area (Å²) in [4.78, 5) is 41.7. The lowest BCUT2D eigenvalue weighted by Gasteiger charge is -2.23. The van der Waals surface area contributed by atoms with E-state index in [4.69, 9.17) is 14.5 Å². The van der Waals surface area contributed by atoms with Crippen LogP contribution in [0.25, 0.3) is 22.3 Å². The van der Waals surface area contributed by atoms with Crippen LogP contribution in [0.4, 0.5) is 0 Å². The summed E-state index contributed by atoms with van der Waals surface area (Å²) in [5.41, 5.74) is 5.36. The number of hydrogen-bond acceptors (Lipinski definition) is 6. The maximum atomic E-state index is 13.3. The molecule has 7 heteroatoms. The van der Waals surface area contributed by atoms with Crippen LogP contribution in [0.1, 0.15) is 49.4 Å². The number of cyclic esters (lactones) is 1. The highest BCUT2D eigenvalue weighted by Crippen LogP contribution is 2.39. The minimum absolute atomic E-state index is 0.00505. The first kappa shape index (κ1) is 19.5. The molecule has 0 N–H and O–H groups in total. The summed E-state index contributed by atoms with van der Waals surface area (Å²) in [6.45, 7) is 5.71. The number of pyridine rings is 2. The normalized spacial score (nSPS) is 14.7. The van der Waals surface area contributed by atoms with Crippen LogP contribution in [0, 0.1) is 5.92 Å². The minimum atomic E-state index is -0.379. The maximum absolute atomic E-state index is 13.3. The fourth-order valence-electron chi connectivity index (χ4n) is 4.64. The first-order chi connectivity index (χ1) is 14.9. The molecule has 0 fully saturated rings. The highest BCUT2D eigenvalue weighted by atomic mass is 16.5. The lowest BCUT2D eigenvalue weighted by Crippen LogP contribution is -2.32. The summed E-state index contributed by atoms with van der Waals surface area (Å²) in [7, 11) is 0. The van der Waals surface area contributed by atoms with Crippen molar-refractivity contribution >= 4 is 22.8 Å². The zero-order valence-electron chi connectivity index (χ0n) is 17.6. The number of nitrogens with zero attached hydrogens (tertiary/aromatic N) is 2. The standard InChI is InChI=1S/C24H21N2O5/c1-4-14-17-8-13(31-12(3)27)6-7-20(17)25-22-18(14)10-26-21(22)9-16-15(5-2)24(29)30-11-19(16)23(26)28/h6-9H,4-5,10-11H2,1-3H3. The van der Waals surface area contributed by atoms with Crippen LogP contribution in [-0.2, 0) is 33.9 Å². The first-order valence-corrected chi connectivity index (χ1v) is 10.4. The van der Waals surface area contributed by atoms with Crippen LogP contribution < -0.4 is 10.3 Å². The Hall–Kier alpha value is -3.48. The van der Waals surface area contributed by atoms with E-state index >= 15 is 0 Å². The highest BCUT2D eigenvalue weighted by molar-refractivity contribution is 5.93. The number of carbonyl (C=O) groups is 2. The van der Waals surface area contributed by atoms with Gasteiger partial charge in [-0.3, -0.25) is 14.4 Å². The fourth-order valence-corrected chi connectivity index (χ4v) is 4.64. The van der Waals surface area contributed by atoms with E-state index in [1.807, 2.05) is 25.1 Å². The topological polar surface area (TPSA) is 87.5 Å². The summed E-state index contributed by atoms with van der Waals surface area (Å²) in [6, 6.07) is 7.28. The average Bonchev–Trinajstić information content (AvgIpc) is 3.10. The zero-order chi connectivity index (χ0) is 21.9. The van der Waals surface area contributed by atoms with Crippen molar-refractivity contribution in [1.82, 2.24) is 9.55 Å². The van der Waals surface area contributed by atoms with Crippen LogP contribution in [-0.4, -0.2) is 21.5 Å². The van der Waals surface area contributed by atoms with Gasteiger partial charge in [0.2, 0.25) is 0 Å². The Bertz CT molecular complexity index is 1340. The zero-order valence-corrected chi connectivity index (χ0v) is 17.6. The number of rotatable bonds is 3. The van der Waals surface area contributed by atoms with Gasteiger partial charge in [-0.05, 0) is 48.2 Å². The van der Waals surface area contributed by atoms with Crippen LogP contribution in [0.15, 0.2) is 29.1 Å². The molecule has 0 spiro atoms. The fraction of sp³-hybridized carbons (Fsp3) is 0.292. The van der Waals surface area contributed by atoms with Crippen LogP contribution >= 0.6 is 0 Å². The Labute approximate surface area is 178 Å². The molecule has 0 atom stereocenters. The van der Waals surface area contributed by atoms with Gasteiger partial charge >= 0.3 is 11.9 Å². The maximum Gasteiger partial charge on any atom is 0.318 e. The number of hydrogen-bond donors (Lipinski definition) is 0. The molecule has 0 aliphatic carbocycles. The number of esters is 2. The molecule has 5 rings (SSSR count). The summed E-state index contributed by atoms with van der Waals surface area (Å²) < 4.78 is 12.2. The molecule has 31 heavy (non-hydrogen) atoms. The lowest BCUT2D eigenvalue weighted by molar-refractivity contribution is -0.143. The molecule has 157 valence electrons. The Balaban J connectivity index is 1.74. The van der Waals surface area contributed by atoms with E-state index in [9.17, 15) is 14.4 Å². The van der Waals surface area contributed by atoms with Gasteiger partial charge in [0.1, 0.15) is 18.3 Å². The van der Waals surface area contributed by atoms with Gasteiger partial charge < -0.3 is 14.0 Å². The molecular formula is C24H21N2O5. The van der Waals surface area contributed by atoms with Gasteiger partial charge in [0.15, 0.2) is 0 Å². The van der Waals surface area contributed by atoms with Crippen LogP contribution in [0.3, 0.4) is 0 Å². The number of ether oxygens (including phenoxy) is 2. The smallest absolute Gasteiger partial charge is 0.318 e. The molecule has 1 aromatic carbocycles. The molecule has 4 heterocycles. The molecule has 0 saturated heterocycles. The Morgan fingerprint density at radius 1 is 1.16 bits per heavy atom. The monoisotopic (exact) mass is 417 g/mol. The molecule has 1 radical (unpaired) electrons. The van der Waals surface area contributed by atoms with E-state index in [2.05, 4.69) is 6.92 Å². The minimum Gasteiger partial charge on any atom is -0.460 e. The van der Waals surface area contributed by atoms with E-state index in [0.29, 0.717) is 35.8 Å². The third-order valence-corrected chi connectivity index (χ3v) is 6.02. The van der Waals surface area contributed by atoms with Crippen molar-refractivity contribution in [2.24, 2.45) is 0 Å². The molecule has 0 bridgehead atoms. The molecule has 0 amide bonds. The number of aryl methyl sites for hydroxylation is 1. The number of aromatic nitrogens is 2. The third kappa shape index (κ3) is 2.87. The highest BCUT2D eigenvalue weighted by Gasteiger charge is 2.35. The van der Waals surface area contributed by atoms with E-state index in [1.165, 1.54) is 6.92 Å². The SMILES string of the molecule is CC[C]1C(=O)OCc2c1cc1n(c2=O)Cc2c-1nc1ccc(OC(C)=O)cc1c2CC. The average molecular weight is 417 g/mol. The Kier molecular flexibility index (Phi) is 4.43. The summed E-state index contributed by atoms with van der Waals surface area (Å²) in [6.07, 6.45) is 1.23. The summed E-state index contributed by atoms with van der Waals surface area (Å²) in [5.74, 6) is 0.252. The molecule has 2 aromatic heterocycles. The van der Waals surface area contributed by atoms with E-state index in [-0.39, 0.29) is 24.1 Å². The summed E-state index contributed by atoms with van der Waals surface area (Å²) >= 11 is 0. The second-order valence-electron chi connectivity index (χ2n) is 7.77. The lowest BCUT2D eigenvalue weighted by atomic mass is 9.90. The number of fused-ring (bicyclic) bond motifs is 5. The first-order valence-electron chi connectivity index (χ1n) is 10.4. The molecule has 2 aliphatic rings. The Morgan fingerprint density at radius 2 is 1.97 bits per heavy atom. The Morgan fingerprint density at radius 3 is 2.68 bits per heavy atom.